The number of rotatable bonds is 4. The summed E-state index contributed by atoms with van der Waals surface area (Å²) >= 11 is 0. The Bertz CT molecular complexity index is 428. The third-order valence-electron chi connectivity index (χ3n) is 3.92. The van der Waals surface area contributed by atoms with Gasteiger partial charge in [0.15, 0.2) is 0 Å². The summed E-state index contributed by atoms with van der Waals surface area (Å²) in [5.41, 5.74) is 1.34. The van der Waals surface area contributed by atoms with Crippen LogP contribution in [-0.4, -0.2) is 12.6 Å². The fourth-order valence-electron chi connectivity index (χ4n) is 2.92. The molecule has 0 aromatic heterocycles. The van der Waals surface area contributed by atoms with Gasteiger partial charge in [-0.2, -0.15) is 0 Å². The van der Waals surface area contributed by atoms with Gasteiger partial charge >= 0.3 is 5.97 Å². The Balaban J connectivity index is 2.23. The number of esters is 1. The maximum absolute atomic E-state index is 11.6. The number of benzene rings is 1. The Hall–Kier alpha value is -1.57. The lowest BCUT2D eigenvalue weighted by atomic mass is 9.69. The predicted octanol–water partition coefficient (Wildman–Crippen LogP) is 4.01. The van der Waals surface area contributed by atoms with E-state index in [0.717, 1.165) is 12.8 Å². The molecule has 0 spiro atoms. The van der Waals surface area contributed by atoms with Gasteiger partial charge in [0.05, 0.1) is 6.61 Å². The van der Waals surface area contributed by atoms with Gasteiger partial charge in [-0.1, -0.05) is 55.7 Å². The van der Waals surface area contributed by atoms with Crippen LogP contribution >= 0.6 is 0 Å². The van der Waals surface area contributed by atoms with Gasteiger partial charge in [-0.3, -0.25) is 0 Å². The highest BCUT2D eigenvalue weighted by Gasteiger charge is 2.31. The van der Waals surface area contributed by atoms with Crippen LogP contribution in [0.1, 0.15) is 44.6 Å². The molecule has 1 aromatic rings. The SMILES string of the molecule is CCOC(=O)C=CC1(c2ccccc2)CCCCC1. The van der Waals surface area contributed by atoms with E-state index in [1.807, 2.05) is 13.0 Å². The normalized spacial score (nSPS) is 18.4. The van der Waals surface area contributed by atoms with Crippen molar-refractivity contribution in [2.75, 3.05) is 6.61 Å². The highest BCUT2D eigenvalue weighted by Crippen LogP contribution is 2.40. The molecule has 0 bridgehead atoms. The van der Waals surface area contributed by atoms with Crippen LogP contribution in [0.2, 0.25) is 0 Å². The summed E-state index contributed by atoms with van der Waals surface area (Å²) < 4.78 is 4.99. The van der Waals surface area contributed by atoms with Crippen molar-refractivity contribution >= 4 is 5.97 Å². The van der Waals surface area contributed by atoms with Gasteiger partial charge in [0, 0.05) is 11.5 Å². The first kappa shape index (κ1) is 13.9. The Morgan fingerprint density at radius 2 is 1.89 bits per heavy atom. The summed E-state index contributed by atoms with van der Waals surface area (Å²) in [6, 6.07) is 10.5. The zero-order chi connectivity index (χ0) is 13.6. The van der Waals surface area contributed by atoms with E-state index in [2.05, 4.69) is 30.3 Å². The fraction of sp³-hybridized carbons (Fsp3) is 0.471. The Labute approximate surface area is 115 Å². The number of allylic oxidation sites excluding steroid dienone is 1. The van der Waals surface area contributed by atoms with E-state index >= 15 is 0 Å². The van der Waals surface area contributed by atoms with E-state index in [1.54, 1.807) is 6.08 Å². The van der Waals surface area contributed by atoms with Crippen LogP contribution < -0.4 is 0 Å². The molecule has 0 atom stereocenters. The number of carbonyl (C=O) groups excluding carboxylic acids is 1. The molecule has 1 saturated carbocycles. The van der Waals surface area contributed by atoms with Gasteiger partial charge < -0.3 is 4.74 Å². The highest BCUT2D eigenvalue weighted by molar-refractivity contribution is 5.82. The Kier molecular flexibility index (Phi) is 4.78. The van der Waals surface area contributed by atoms with Crippen LogP contribution in [0.15, 0.2) is 42.5 Å². The van der Waals surface area contributed by atoms with Crippen LogP contribution in [0.5, 0.6) is 0 Å². The Morgan fingerprint density at radius 3 is 2.53 bits per heavy atom. The van der Waals surface area contributed by atoms with Crippen molar-refractivity contribution < 1.29 is 9.53 Å². The number of hydrogen-bond acceptors (Lipinski definition) is 2. The van der Waals surface area contributed by atoms with Gasteiger partial charge in [-0.15, -0.1) is 0 Å². The first-order valence-electron chi connectivity index (χ1n) is 7.18. The summed E-state index contributed by atoms with van der Waals surface area (Å²) in [5.74, 6) is -0.233. The van der Waals surface area contributed by atoms with Crippen molar-refractivity contribution in [3.05, 3.63) is 48.0 Å². The molecule has 0 amide bonds. The van der Waals surface area contributed by atoms with Gasteiger partial charge in [-0.25, -0.2) is 4.79 Å². The molecular formula is C17H22O2. The number of hydrogen-bond donors (Lipinski definition) is 0. The van der Waals surface area contributed by atoms with Crippen LogP contribution in [-0.2, 0) is 14.9 Å². The summed E-state index contributed by atoms with van der Waals surface area (Å²) in [4.78, 5) is 11.6. The first-order chi connectivity index (χ1) is 9.27. The molecule has 0 radical (unpaired) electrons. The lowest BCUT2D eigenvalue weighted by Gasteiger charge is -2.35. The second-order valence-electron chi connectivity index (χ2n) is 5.17. The maximum Gasteiger partial charge on any atom is 0.330 e. The second kappa shape index (κ2) is 6.55. The lowest BCUT2D eigenvalue weighted by Crippen LogP contribution is -2.27. The Morgan fingerprint density at radius 1 is 1.21 bits per heavy atom. The van der Waals surface area contributed by atoms with Crippen molar-refractivity contribution in [1.82, 2.24) is 0 Å². The zero-order valence-corrected chi connectivity index (χ0v) is 11.6. The molecule has 2 nitrogen and oxygen atoms in total. The summed E-state index contributed by atoms with van der Waals surface area (Å²) in [5, 5.41) is 0. The molecule has 1 aliphatic rings. The molecule has 0 N–H and O–H groups in total. The van der Waals surface area contributed by atoms with E-state index in [0.29, 0.717) is 6.61 Å². The van der Waals surface area contributed by atoms with E-state index in [4.69, 9.17) is 4.74 Å². The molecule has 1 fully saturated rings. The van der Waals surface area contributed by atoms with Gasteiger partial charge in [0.1, 0.15) is 0 Å². The van der Waals surface area contributed by atoms with Gasteiger partial charge in [0.25, 0.3) is 0 Å². The standard InChI is InChI=1S/C17H22O2/c1-2-19-16(18)11-14-17(12-7-4-8-13-17)15-9-5-3-6-10-15/h3,5-6,9-11,14H,2,4,7-8,12-13H2,1H3. The van der Waals surface area contributed by atoms with Crippen molar-refractivity contribution in [3.8, 4) is 0 Å². The van der Waals surface area contributed by atoms with Crippen LogP contribution in [0.4, 0.5) is 0 Å². The smallest absolute Gasteiger partial charge is 0.330 e. The van der Waals surface area contributed by atoms with E-state index < -0.39 is 0 Å². The monoisotopic (exact) mass is 258 g/mol. The van der Waals surface area contributed by atoms with Crippen molar-refractivity contribution in [2.24, 2.45) is 0 Å². The van der Waals surface area contributed by atoms with Crippen molar-refractivity contribution in [2.45, 2.75) is 44.4 Å². The predicted molar refractivity (Wildman–Crippen MR) is 77.0 cm³/mol. The lowest BCUT2D eigenvalue weighted by molar-refractivity contribution is -0.137. The third kappa shape index (κ3) is 3.46. The summed E-state index contributed by atoms with van der Waals surface area (Å²) in [6.07, 6.45) is 9.66. The van der Waals surface area contributed by atoms with Crippen LogP contribution in [0.25, 0.3) is 0 Å². The average molecular weight is 258 g/mol. The average Bonchev–Trinajstić information content (AvgIpc) is 2.47. The second-order valence-corrected chi connectivity index (χ2v) is 5.17. The minimum absolute atomic E-state index is 0.0201. The zero-order valence-electron chi connectivity index (χ0n) is 11.6. The van der Waals surface area contributed by atoms with E-state index in [9.17, 15) is 4.79 Å². The van der Waals surface area contributed by atoms with E-state index in [-0.39, 0.29) is 11.4 Å². The first-order valence-corrected chi connectivity index (χ1v) is 7.18. The molecule has 19 heavy (non-hydrogen) atoms. The molecule has 0 unspecified atom stereocenters. The molecule has 0 saturated heterocycles. The van der Waals surface area contributed by atoms with Crippen molar-refractivity contribution in [1.29, 1.82) is 0 Å². The maximum atomic E-state index is 11.6. The third-order valence-corrected chi connectivity index (χ3v) is 3.92. The topological polar surface area (TPSA) is 26.3 Å². The number of carbonyl (C=O) groups is 1. The highest BCUT2D eigenvalue weighted by atomic mass is 16.5. The quantitative estimate of drug-likeness (QED) is 0.602. The molecule has 2 rings (SSSR count). The molecule has 1 aromatic carbocycles. The largest absolute Gasteiger partial charge is 0.463 e. The molecular weight excluding hydrogens is 236 g/mol. The molecule has 2 heteroatoms. The number of ether oxygens (including phenoxy) is 1. The minimum Gasteiger partial charge on any atom is -0.463 e. The molecule has 0 heterocycles. The van der Waals surface area contributed by atoms with Crippen LogP contribution in [0.3, 0.4) is 0 Å². The van der Waals surface area contributed by atoms with Crippen molar-refractivity contribution in [3.63, 3.8) is 0 Å². The van der Waals surface area contributed by atoms with Gasteiger partial charge in [0.2, 0.25) is 0 Å². The van der Waals surface area contributed by atoms with Crippen LogP contribution in [0, 0.1) is 0 Å². The molecule has 0 aliphatic heterocycles. The molecule has 1 aliphatic carbocycles. The van der Waals surface area contributed by atoms with Gasteiger partial charge in [-0.05, 0) is 25.3 Å². The summed E-state index contributed by atoms with van der Waals surface area (Å²) in [6.45, 7) is 2.26. The van der Waals surface area contributed by atoms with E-state index in [1.165, 1.54) is 24.8 Å². The summed E-state index contributed by atoms with van der Waals surface area (Å²) in [7, 11) is 0. The molecule has 102 valence electrons. The minimum atomic E-state index is -0.233. The fourth-order valence-corrected chi connectivity index (χ4v) is 2.92.